The van der Waals surface area contributed by atoms with Crippen molar-refractivity contribution < 1.29 is 4.79 Å². The molecule has 0 radical (unpaired) electrons. The molecule has 1 fully saturated rings. The molecule has 0 unspecified atom stereocenters. The second-order valence-electron chi connectivity index (χ2n) is 8.23. The zero-order valence-electron chi connectivity index (χ0n) is 18.1. The third-order valence-electron chi connectivity index (χ3n) is 6.09. The number of aromatic nitrogens is 3. The van der Waals surface area contributed by atoms with Gasteiger partial charge in [0.05, 0.1) is 5.02 Å². The van der Waals surface area contributed by atoms with Crippen LogP contribution in [0.15, 0.2) is 90.1 Å². The number of hydrogen-bond donors (Lipinski definition) is 0. The first kappa shape index (κ1) is 21.9. The monoisotopic (exact) mass is 473 g/mol. The van der Waals surface area contributed by atoms with Crippen LogP contribution >= 0.6 is 23.4 Å². The fourth-order valence-electron chi connectivity index (χ4n) is 4.44. The van der Waals surface area contributed by atoms with Crippen molar-refractivity contribution in [1.29, 1.82) is 0 Å². The van der Waals surface area contributed by atoms with E-state index in [2.05, 4.69) is 14.8 Å². The predicted octanol–water partition coefficient (Wildman–Crippen LogP) is 7.43. The maximum absolute atomic E-state index is 13.6. The van der Waals surface area contributed by atoms with E-state index in [1.54, 1.807) is 0 Å². The van der Waals surface area contributed by atoms with Crippen molar-refractivity contribution >= 4 is 29.1 Å². The lowest BCUT2D eigenvalue weighted by Gasteiger charge is -2.20. The van der Waals surface area contributed by atoms with E-state index in [9.17, 15) is 4.79 Å². The number of rotatable bonds is 7. The molecule has 1 saturated carbocycles. The Hall–Kier alpha value is -2.89. The third-order valence-corrected chi connectivity index (χ3v) is 7.63. The largest absolute Gasteiger partial charge is 0.299 e. The Bertz CT molecular complexity index is 1240. The third kappa shape index (κ3) is 4.61. The van der Waals surface area contributed by atoms with Gasteiger partial charge in [-0.3, -0.25) is 9.36 Å². The van der Waals surface area contributed by atoms with Crippen LogP contribution in [0.2, 0.25) is 5.02 Å². The molecule has 0 bridgehead atoms. The van der Waals surface area contributed by atoms with Crippen LogP contribution in [0, 0.1) is 0 Å². The molecule has 0 spiro atoms. The summed E-state index contributed by atoms with van der Waals surface area (Å²) in [6.07, 6.45) is 4.51. The molecule has 0 saturated heterocycles. The molecule has 166 valence electrons. The first-order chi connectivity index (χ1) is 16.2. The maximum atomic E-state index is 13.6. The van der Waals surface area contributed by atoms with Gasteiger partial charge in [0.1, 0.15) is 5.25 Å². The van der Waals surface area contributed by atoms with Crippen LogP contribution in [0.25, 0.3) is 11.4 Å². The molecular formula is C27H24ClN3OS. The van der Waals surface area contributed by atoms with E-state index in [1.807, 2.05) is 84.9 Å². The number of nitrogens with zero attached hydrogens (tertiary/aromatic N) is 3. The highest BCUT2D eigenvalue weighted by atomic mass is 35.5. The highest BCUT2D eigenvalue weighted by Gasteiger charge is 2.30. The number of carbonyl (C=O) groups is 1. The van der Waals surface area contributed by atoms with Crippen LogP contribution < -0.4 is 0 Å². The maximum Gasteiger partial charge on any atom is 0.192 e. The van der Waals surface area contributed by atoms with Crippen LogP contribution in [0.1, 0.15) is 52.9 Å². The van der Waals surface area contributed by atoms with Gasteiger partial charge in [0.2, 0.25) is 0 Å². The van der Waals surface area contributed by atoms with Gasteiger partial charge in [-0.2, -0.15) is 0 Å². The Morgan fingerprint density at radius 3 is 2.21 bits per heavy atom. The van der Waals surface area contributed by atoms with Crippen molar-refractivity contribution in [2.24, 2.45) is 0 Å². The van der Waals surface area contributed by atoms with E-state index in [-0.39, 0.29) is 5.78 Å². The summed E-state index contributed by atoms with van der Waals surface area (Å²) in [6.45, 7) is 0. The Kier molecular flexibility index (Phi) is 6.60. The van der Waals surface area contributed by atoms with E-state index in [0.717, 1.165) is 34.9 Å². The molecule has 1 aliphatic rings. The number of hydrogen-bond acceptors (Lipinski definition) is 4. The van der Waals surface area contributed by atoms with Gasteiger partial charge in [-0.1, -0.05) is 109 Å². The summed E-state index contributed by atoms with van der Waals surface area (Å²) >= 11 is 8.01. The van der Waals surface area contributed by atoms with E-state index >= 15 is 0 Å². The summed E-state index contributed by atoms with van der Waals surface area (Å²) in [7, 11) is 0. The quantitative estimate of drug-likeness (QED) is 0.207. The number of halogens is 1. The molecular weight excluding hydrogens is 450 g/mol. The Labute approximate surface area is 203 Å². The summed E-state index contributed by atoms with van der Waals surface area (Å²) < 4.78 is 2.22. The lowest BCUT2D eigenvalue weighted by Crippen LogP contribution is -2.13. The van der Waals surface area contributed by atoms with Gasteiger partial charge in [-0.05, 0) is 30.5 Å². The van der Waals surface area contributed by atoms with Crippen molar-refractivity contribution in [1.82, 2.24) is 14.8 Å². The predicted molar refractivity (Wildman–Crippen MR) is 134 cm³/mol. The van der Waals surface area contributed by atoms with Crippen molar-refractivity contribution in [2.75, 3.05) is 0 Å². The minimum absolute atomic E-state index is 0.0621. The second kappa shape index (κ2) is 9.94. The first-order valence-electron chi connectivity index (χ1n) is 11.2. The summed E-state index contributed by atoms with van der Waals surface area (Å²) in [4.78, 5) is 13.6. The van der Waals surface area contributed by atoms with Crippen molar-refractivity contribution in [3.05, 3.63) is 101 Å². The Morgan fingerprint density at radius 2 is 1.52 bits per heavy atom. The van der Waals surface area contributed by atoms with Crippen LogP contribution in [-0.2, 0) is 0 Å². The molecule has 4 aromatic rings. The van der Waals surface area contributed by atoms with Crippen LogP contribution in [-0.4, -0.2) is 20.5 Å². The highest BCUT2D eigenvalue weighted by Crippen LogP contribution is 2.43. The van der Waals surface area contributed by atoms with Crippen LogP contribution in [0.5, 0.6) is 0 Å². The fourth-order valence-corrected chi connectivity index (χ4v) is 5.84. The lowest BCUT2D eigenvalue weighted by atomic mass is 10.0. The number of Topliss-reactive ketones (excluding diaryl/α,β-unsaturated/α-hetero) is 1. The fraction of sp³-hybridized carbons (Fsp3) is 0.222. The van der Waals surface area contributed by atoms with Crippen molar-refractivity contribution in [3.8, 4) is 11.4 Å². The summed E-state index contributed by atoms with van der Waals surface area (Å²) in [5.41, 5.74) is 2.52. The molecule has 0 N–H and O–H groups in total. The molecule has 1 heterocycles. The zero-order chi connectivity index (χ0) is 22.6. The van der Waals surface area contributed by atoms with Gasteiger partial charge in [0.25, 0.3) is 0 Å². The molecule has 0 aliphatic heterocycles. The zero-order valence-corrected chi connectivity index (χ0v) is 19.7. The number of carbonyl (C=O) groups excluding carboxylic acids is 1. The highest BCUT2D eigenvalue weighted by molar-refractivity contribution is 8.00. The first-order valence-corrected chi connectivity index (χ1v) is 12.5. The standard InChI is InChI=1S/C27H24ClN3OS/c28-23-18-10-9-17-22(23)26-29-30-27(31(26)21-15-7-8-16-21)33-25(20-13-5-2-6-14-20)24(32)19-11-3-1-4-12-19/h1-6,9-14,17-18,21,25H,7-8,15-16H2/t25-/m1/s1. The molecule has 1 aromatic heterocycles. The van der Waals surface area contributed by atoms with Gasteiger partial charge < -0.3 is 0 Å². The number of ketones is 1. The minimum atomic E-state index is -0.419. The summed E-state index contributed by atoms with van der Waals surface area (Å²) in [5.74, 6) is 0.834. The molecule has 0 amide bonds. The second-order valence-corrected chi connectivity index (χ2v) is 9.71. The average molecular weight is 474 g/mol. The molecule has 6 heteroatoms. The van der Waals surface area contributed by atoms with E-state index in [1.165, 1.54) is 24.6 Å². The minimum Gasteiger partial charge on any atom is -0.299 e. The number of thioether (sulfide) groups is 1. The topological polar surface area (TPSA) is 47.8 Å². The average Bonchev–Trinajstić information content (AvgIpc) is 3.53. The van der Waals surface area contributed by atoms with Crippen molar-refractivity contribution in [2.45, 2.75) is 42.1 Å². The van der Waals surface area contributed by atoms with E-state index in [0.29, 0.717) is 16.6 Å². The van der Waals surface area contributed by atoms with Gasteiger partial charge in [0, 0.05) is 17.2 Å². The molecule has 4 nitrogen and oxygen atoms in total. The Morgan fingerprint density at radius 1 is 0.879 bits per heavy atom. The Balaban J connectivity index is 1.58. The number of benzene rings is 3. The van der Waals surface area contributed by atoms with Crippen molar-refractivity contribution in [3.63, 3.8) is 0 Å². The normalized spacial score (nSPS) is 14.9. The molecule has 1 atom stereocenters. The molecule has 5 rings (SSSR count). The van der Waals surface area contributed by atoms with E-state index < -0.39 is 5.25 Å². The van der Waals surface area contributed by atoms with E-state index in [4.69, 9.17) is 11.6 Å². The summed E-state index contributed by atoms with van der Waals surface area (Å²) in [5, 5.41) is 10.1. The van der Waals surface area contributed by atoms with Gasteiger partial charge >= 0.3 is 0 Å². The smallest absolute Gasteiger partial charge is 0.192 e. The lowest BCUT2D eigenvalue weighted by molar-refractivity contribution is 0.0989. The van der Waals surface area contributed by atoms with Gasteiger partial charge in [-0.25, -0.2) is 0 Å². The van der Waals surface area contributed by atoms with Crippen LogP contribution in [0.3, 0.4) is 0 Å². The van der Waals surface area contributed by atoms with Gasteiger partial charge in [0.15, 0.2) is 16.8 Å². The SMILES string of the molecule is O=C(c1ccccc1)[C@H](Sc1nnc(-c2ccccc2Cl)n1C1CCCC1)c1ccccc1. The molecule has 3 aromatic carbocycles. The molecule has 1 aliphatic carbocycles. The van der Waals surface area contributed by atoms with Gasteiger partial charge in [-0.15, -0.1) is 10.2 Å². The molecule has 33 heavy (non-hydrogen) atoms. The summed E-state index contributed by atoms with van der Waals surface area (Å²) in [6, 6.07) is 27.4. The van der Waals surface area contributed by atoms with Crippen LogP contribution in [0.4, 0.5) is 0 Å².